The fraction of sp³-hybridized carbons (Fsp3) is 0.400. The van der Waals surface area contributed by atoms with Crippen LogP contribution >= 0.6 is 7.60 Å². The van der Waals surface area contributed by atoms with Gasteiger partial charge in [-0.25, -0.2) is 4.57 Å². The highest BCUT2D eigenvalue weighted by molar-refractivity contribution is 7.54. The van der Waals surface area contributed by atoms with Gasteiger partial charge in [0.25, 0.3) is 0 Å². The van der Waals surface area contributed by atoms with E-state index in [1.165, 1.54) is 7.11 Å². The minimum Gasteiger partial charge on any atom is -0.424 e. The van der Waals surface area contributed by atoms with E-state index in [1.807, 2.05) is 19.1 Å². The van der Waals surface area contributed by atoms with Crippen LogP contribution in [-0.2, 0) is 9.09 Å². The van der Waals surface area contributed by atoms with Gasteiger partial charge in [-0.3, -0.25) is 0 Å². The molecule has 1 rings (SSSR count). The molecule has 0 bridgehead atoms. The molecule has 0 heterocycles. The van der Waals surface area contributed by atoms with E-state index < -0.39 is 7.60 Å². The summed E-state index contributed by atoms with van der Waals surface area (Å²) < 4.78 is 21.9. The molecule has 0 aromatic heterocycles. The zero-order valence-electron chi connectivity index (χ0n) is 8.69. The van der Waals surface area contributed by atoms with Crippen molar-refractivity contribution in [1.82, 2.24) is 0 Å². The molecular weight excluding hydrogens is 199 g/mol. The van der Waals surface area contributed by atoms with Crippen molar-refractivity contribution >= 4 is 7.60 Å². The van der Waals surface area contributed by atoms with Crippen LogP contribution in [0.15, 0.2) is 24.3 Å². The second kappa shape index (κ2) is 4.63. The molecule has 1 unspecified atom stereocenters. The van der Waals surface area contributed by atoms with Crippen molar-refractivity contribution in [3.8, 4) is 5.75 Å². The maximum Gasteiger partial charge on any atom is 0.378 e. The van der Waals surface area contributed by atoms with Crippen LogP contribution in [-0.4, -0.2) is 13.3 Å². The number of aryl methyl sites for hydroxylation is 1. The normalized spacial score (nSPS) is 14.8. The topological polar surface area (TPSA) is 35.5 Å². The van der Waals surface area contributed by atoms with E-state index in [2.05, 4.69) is 0 Å². The molecule has 0 amide bonds. The van der Waals surface area contributed by atoms with Crippen molar-refractivity contribution in [3.63, 3.8) is 0 Å². The van der Waals surface area contributed by atoms with Crippen LogP contribution in [0.4, 0.5) is 0 Å². The van der Waals surface area contributed by atoms with E-state index in [4.69, 9.17) is 9.05 Å². The van der Waals surface area contributed by atoms with E-state index in [9.17, 15) is 4.57 Å². The molecule has 0 radical (unpaired) electrons. The average Bonchev–Trinajstić information content (AvgIpc) is 2.21. The SMILES string of the molecule is CCP(=O)(OC)Oc1ccc(C)cc1. The van der Waals surface area contributed by atoms with Crippen molar-refractivity contribution in [2.24, 2.45) is 0 Å². The van der Waals surface area contributed by atoms with Gasteiger partial charge in [0.05, 0.1) is 6.16 Å². The molecule has 14 heavy (non-hydrogen) atoms. The maximum absolute atomic E-state index is 11.8. The predicted octanol–water partition coefficient (Wildman–Crippen LogP) is 3.23. The third-order valence-corrected chi connectivity index (χ3v) is 3.75. The molecule has 0 N–H and O–H groups in total. The number of rotatable bonds is 4. The van der Waals surface area contributed by atoms with Crippen LogP contribution in [0.2, 0.25) is 0 Å². The van der Waals surface area contributed by atoms with Crippen molar-refractivity contribution in [2.45, 2.75) is 13.8 Å². The molecule has 3 nitrogen and oxygen atoms in total. The van der Waals surface area contributed by atoms with Gasteiger partial charge < -0.3 is 9.05 Å². The first kappa shape index (κ1) is 11.3. The quantitative estimate of drug-likeness (QED) is 0.722. The fourth-order valence-electron chi connectivity index (χ4n) is 0.991. The summed E-state index contributed by atoms with van der Waals surface area (Å²) in [5, 5.41) is 0. The van der Waals surface area contributed by atoms with Gasteiger partial charge >= 0.3 is 7.60 Å². The zero-order valence-corrected chi connectivity index (χ0v) is 9.58. The van der Waals surface area contributed by atoms with E-state index in [-0.39, 0.29) is 0 Å². The van der Waals surface area contributed by atoms with Gasteiger partial charge in [-0.15, -0.1) is 0 Å². The summed E-state index contributed by atoms with van der Waals surface area (Å²) in [5.74, 6) is 0.586. The lowest BCUT2D eigenvalue weighted by Crippen LogP contribution is -1.97. The fourth-order valence-corrected chi connectivity index (χ4v) is 1.90. The number of hydrogen-bond donors (Lipinski definition) is 0. The lowest BCUT2D eigenvalue weighted by atomic mass is 10.2. The van der Waals surface area contributed by atoms with E-state index in [0.717, 1.165) is 5.56 Å². The van der Waals surface area contributed by atoms with E-state index >= 15 is 0 Å². The highest BCUT2D eigenvalue weighted by Crippen LogP contribution is 2.46. The molecule has 0 saturated carbocycles. The Balaban J connectivity index is 2.78. The van der Waals surface area contributed by atoms with Crippen molar-refractivity contribution in [2.75, 3.05) is 13.3 Å². The molecule has 0 aliphatic carbocycles. The monoisotopic (exact) mass is 214 g/mol. The Morgan fingerprint density at radius 3 is 2.29 bits per heavy atom. The summed E-state index contributed by atoms with van der Waals surface area (Å²) in [4.78, 5) is 0. The highest BCUT2D eigenvalue weighted by atomic mass is 31.2. The standard InChI is InChI=1S/C10H15O3P/c1-4-14(11,12-3)13-10-7-5-9(2)6-8-10/h5-8H,4H2,1-3H3. The maximum atomic E-state index is 11.8. The molecule has 0 fully saturated rings. The first-order chi connectivity index (χ1) is 6.59. The van der Waals surface area contributed by atoms with Crippen molar-refractivity contribution in [3.05, 3.63) is 29.8 Å². The third-order valence-electron chi connectivity index (χ3n) is 1.93. The average molecular weight is 214 g/mol. The van der Waals surface area contributed by atoms with Crippen LogP contribution < -0.4 is 4.52 Å². The summed E-state index contributed by atoms with van der Waals surface area (Å²) in [6.07, 6.45) is 0.372. The molecule has 0 aliphatic heterocycles. The van der Waals surface area contributed by atoms with Gasteiger partial charge in [0.1, 0.15) is 5.75 Å². The lowest BCUT2D eigenvalue weighted by molar-refractivity contribution is 0.323. The number of benzene rings is 1. The van der Waals surface area contributed by atoms with Gasteiger partial charge in [-0.05, 0) is 19.1 Å². The molecule has 1 atom stereocenters. The van der Waals surface area contributed by atoms with E-state index in [0.29, 0.717) is 11.9 Å². The Bertz CT molecular complexity index is 324. The molecule has 0 spiro atoms. The molecule has 0 saturated heterocycles. The van der Waals surface area contributed by atoms with E-state index in [1.54, 1.807) is 19.1 Å². The van der Waals surface area contributed by atoms with Crippen molar-refractivity contribution in [1.29, 1.82) is 0 Å². The van der Waals surface area contributed by atoms with Gasteiger partial charge in [0.15, 0.2) is 0 Å². The summed E-state index contributed by atoms with van der Waals surface area (Å²) in [5.41, 5.74) is 1.14. The summed E-state index contributed by atoms with van der Waals surface area (Å²) in [7, 11) is -1.52. The lowest BCUT2D eigenvalue weighted by Gasteiger charge is -2.15. The molecular formula is C10H15O3P. The minimum absolute atomic E-state index is 0.372. The molecule has 78 valence electrons. The summed E-state index contributed by atoms with van der Waals surface area (Å²) >= 11 is 0. The van der Waals surface area contributed by atoms with Crippen molar-refractivity contribution < 1.29 is 13.6 Å². The van der Waals surface area contributed by atoms with Crippen LogP contribution in [0.3, 0.4) is 0 Å². The van der Waals surface area contributed by atoms with Gasteiger partial charge in [0, 0.05) is 7.11 Å². The number of hydrogen-bond acceptors (Lipinski definition) is 3. The predicted molar refractivity (Wildman–Crippen MR) is 57.0 cm³/mol. The first-order valence-electron chi connectivity index (χ1n) is 4.50. The van der Waals surface area contributed by atoms with Crippen LogP contribution in [0.25, 0.3) is 0 Å². The molecule has 1 aromatic rings. The second-order valence-corrected chi connectivity index (χ2v) is 5.42. The summed E-state index contributed by atoms with van der Waals surface area (Å²) in [6.45, 7) is 3.76. The van der Waals surface area contributed by atoms with Gasteiger partial charge in [-0.2, -0.15) is 0 Å². The Hall–Kier alpha value is -0.790. The van der Waals surface area contributed by atoms with Gasteiger partial charge in [-0.1, -0.05) is 24.6 Å². The first-order valence-corrected chi connectivity index (χ1v) is 6.23. The zero-order chi connectivity index (χ0) is 10.6. The van der Waals surface area contributed by atoms with Crippen LogP contribution in [0.5, 0.6) is 5.75 Å². The summed E-state index contributed by atoms with van der Waals surface area (Å²) in [6, 6.07) is 7.39. The second-order valence-electron chi connectivity index (χ2n) is 3.01. The third kappa shape index (κ3) is 2.86. The van der Waals surface area contributed by atoms with Crippen LogP contribution in [0, 0.1) is 6.92 Å². The van der Waals surface area contributed by atoms with Crippen LogP contribution in [0.1, 0.15) is 12.5 Å². The molecule has 0 aliphatic rings. The molecule has 4 heteroatoms. The Kier molecular flexibility index (Phi) is 3.73. The largest absolute Gasteiger partial charge is 0.424 e. The molecule has 1 aromatic carbocycles. The Labute approximate surface area is 84.6 Å². The highest BCUT2D eigenvalue weighted by Gasteiger charge is 2.20. The minimum atomic E-state index is -2.92. The smallest absolute Gasteiger partial charge is 0.378 e. The Morgan fingerprint density at radius 1 is 1.29 bits per heavy atom. The Morgan fingerprint density at radius 2 is 1.86 bits per heavy atom. The van der Waals surface area contributed by atoms with Gasteiger partial charge in [0.2, 0.25) is 0 Å².